The lowest BCUT2D eigenvalue weighted by Gasteiger charge is -2.27. The zero-order chi connectivity index (χ0) is 15.8. The predicted molar refractivity (Wildman–Crippen MR) is 86.7 cm³/mol. The van der Waals surface area contributed by atoms with Crippen molar-refractivity contribution >= 4 is 11.7 Å². The largest absolute Gasteiger partial charge is 0.385 e. The van der Waals surface area contributed by atoms with Crippen LogP contribution < -0.4 is 10.6 Å². The Balaban J connectivity index is 1.74. The van der Waals surface area contributed by atoms with Gasteiger partial charge in [0.05, 0.1) is 0 Å². The first kappa shape index (κ1) is 17.0. The topological polar surface area (TPSA) is 68.2 Å². The van der Waals surface area contributed by atoms with E-state index in [1.165, 1.54) is 12.8 Å². The van der Waals surface area contributed by atoms with Crippen LogP contribution in [-0.2, 0) is 16.1 Å². The van der Waals surface area contributed by atoms with Gasteiger partial charge in [0.2, 0.25) is 5.91 Å². The number of hydrogen-bond acceptors (Lipinski definition) is 4. The van der Waals surface area contributed by atoms with E-state index in [0.29, 0.717) is 24.1 Å². The lowest BCUT2D eigenvalue weighted by molar-refractivity contribution is -0.117. The molecule has 0 bridgehead atoms. The fraction of sp³-hybridized carbons (Fsp3) is 0.750. The van der Waals surface area contributed by atoms with E-state index in [2.05, 4.69) is 22.7 Å². The fourth-order valence-corrected chi connectivity index (χ4v) is 2.99. The average molecular weight is 308 g/mol. The van der Waals surface area contributed by atoms with Gasteiger partial charge in [-0.25, -0.2) is 0 Å². The van der Waals surface area contributed by atoms with Crippen LogP contribution in [0.15, 0.2) is 12.3 Å². The van der Waals surface area contributed by atoms with E-state index in [-0.39, 0.29) is 5.91 Å². The number of nitrogens with one attached hydrogen (secondary N) is 2. The molecule has 1 aliphatic heterocycles. The maximum absolute atomic E-state index is 12.1. The molecule has 124 valence electrons. The molecule has 2 heterocycles. The summed E-state index contributed by atoms with van der Waals surface area (Å²) in [6.07, 6.45) is 5.71. The minimum Gasteiger partial charge on any atom is -0.385 e. The molecule has 1 aromatic rings. The number of rotatable bonds is 8. The lowest BCUT2D eigenvalue weighted by atomic mass is 9.84. The third-order valence-corrected chi connectivity index (χ3v) is 4.34. The molecule has 0 saturated carbocycles. The van der Waals surface area contributed by atoms with Gasteiger partial charge in [0.1, 0.15) is 0 Å². The highest BCUT2D eigenvalue weighted by molar-refractivity contribution is 5.89. The molecule has 0 radical (unpaired) electrons. The van der Waals surface area contributed by atoms with Gasteiger partial charge < -0.3 is 15.4 Å². The Kier molecular flexibility index (Phi) is 6.86. The summed E-state index contributed by atoms with van der Waals surface area (Å²) >= 11 is 0. The van der Waals surface area contributed by atoms with E-state index in [1.54, 1.807) is 7.11 Å². The second-order valence-corrected chi connectivity index (χ2v) is 6.13. The number of amides is 1. The van der Waals surface area contributed by atoms with Gasteiger partial charge in [-0.3, -0.25) is 9.48 Å². The van der Waals surface area contributed by atoms with Gasteiger partial charge in [-0.1, -0.05) is 6.92 Å². The van der Waals surface area contributed by atoms with Crippen molar-refractivity contribution in [1.29, 1.82) is 0 Å². The van der Waals surface area contributed by atoms with Crippen molar-refractivity contribution in [2.75, 3.05) is 32.1 Å². The van der Waals surface area contributed by atoms with Gasteiger partial charge in [0.25, 0.3) is 0 Å². The lowest BCUT2D eigenvalue weighted by Crippen LogP contribution is -2.32. The molecule has 1 aliphatic rings. The highest BCUT2D eigenvalue weighted by atomic mass is 16.5. The van der Waals surface area contributed by atoms with Gasteiger partial charge in [-0.05, 0) is 44.2 Å². The molecule has 6 heteroatoms. The highest BCUT2D eigenvalue weighted by Crippen LogP contribution is 2.24. The van der Waals surface area contributed by atoms with Gasteiger partial charge in [-0.2, -0.15) is 5.10 Å². The van der Waals surface area contributed by atoms with Gasteiger partial charge in [0.15, 0.2) is 5.82 Å². The van der Waals surface area contributed by atoms with Gasteiger partial charge in [0, 0.05) is 38.9 Å². The molecule has 22 heavy (non-hydrogen) atoms. The van der Waals surface area contributed by atoms with Crippen molar-refractivity contribution in [3.8, 4) is 0 Å². The number of carbonyl (C=O) groups is 1. The van der Waals surface area contributed by atoms with Crippen LogP contribution in [0.5, 0.6) is 0 Å². The molecule has 0 aliphatic carbocycles. The Morgan fingerprint density at radius 2 is 2.32 bits per heavy atom. The maximum Gasteiger partial charge on any atom is 0.225 e. The first-order valence-corrected chi connectivity index (χ1v) is 8.22. The summed E-state index contributed by atoms with van der Waals surface area (Å²) in [5, 5.41) is 10.6. The monoisotopic (exact) mass is 308 g/mol. The third-order valence-electron chi connectivity index (χ3n) is 4.34. The summed E-state index contributed by atoms with van der Waals surface area (Å²) in [5.41, 5.74) is 0. The summed E-state index contributed by atoms with van der Waals surface area (Å²) < 4.78 is 6.86. The molecule has 1 unspecified atom stereocenters. The van der Waals surface area contributed by atoms with Crippen LogP contribution in [0, 0.1) is 11.8 Å². The second-order valence-electron chi connectivity index (χ2n) is 6.13. The van der Waals surface area contributed by atoms with Crippen molar-refractivity contribution in [1.82, 2.24) is 15.1 Å². The molecule has 1 fully saturated rings. The molecule has 2 rings (SSSR count). The zero-order valence-electron chi connectivity index (χ0n) is 13.7. The Morgan fingerprint density at radius 3 is 3.05 bits per heavy atom. The van der Waals surface area contributed by atoms with Gasteiger partial charge in [-0.15, -0.1) is 0 Å². The first-order chi connectivity index (χ1) is 10.7. The third kappa shape index (κ3) is 5.42. The number of anilines is 1. The molecule has 2 N–H and O–H groups in total. The van der Waals surface area contributed by atoms with Crippen molar-refractivity contribution < 1.29 is 9.53 Å². The van der Waals surface area contributed by atoms with Crippen LogP contribution in [0.3, 0.4) is 0 Å². The summed E-state index contributed by atoms with van der Waals surface area (Å²) in [6, 6.07) is 1.85. The molecule has 0 spiro atoms. The summed E-state index contributed by atoms with van der Waals surface area (Å²) in [4.78, 5) is 12.1. The van der Waals surface area contributed by atoms with E-state index in [4.69, 9.17) is 4.74 Å². The van der Waals surface area contributed by atoms with Crippen molar-refractivity contribution in [3.63, 3.8) is 0 Å². The van der Waals surface area contributed by atoms with E-state index in [1.807, 2.05) is 16.9 Å². The van der Waals surface area contributed by atoms with Crippen LogP contribution in [0.4, 0.5) is 5.82 Å². The Labute approximate surface area is 132 Å². The van der Waals surface area contributed by atoms with Crippen LogP contribution in [0.2, 0.25) is 0 Å². The molecule has 1 saturated heterocycles. The van der Waals surface area contributed by atoms with Crippen molar-refractivity contribution in [2.24, 2.45) is 11.8 Å². The maximum atomic E-state index is 12.1. The number of aryl methyl sites for hydroxylation is 1. The molecule has 0 aromatic carbocycles. The van der Waals surface area contributed by atoms with Crippen LogP contribution in [0.1, 0.15) is 32.6 Å². The average Bonchev–Trinajstić information content (AvgIpc) is 2.95. The minimum absolute atomic E-state index is 0.0631. The van der Waals surface area contributed by atoms with Crippen LogP contribution in [-0.4, -0.2) is 42.5 Å². The number of carbonyl (C=O) groups excluding carboxylic acids is 1. The quantitative estimate of drug-likeness (QED) is 0.720. The number of nitrogens with zero attached hydrogens (tertiary/aromatic N) is 2. The summed E-state index contributed by atoms with van der Waals surface area (Å²) in [7, 11) is 1.69. The van der Waals surface area contributed by atoms with E-state index in [0.717, 1.165) is 32.7 Å². The molecule has 1 aromatic heterocycles. The molecular weight excluding hydrogens is 280 g/mol. The molecular formula is C16H28N4O2. The van der Waals surface area contributed by atoms with E-state index < -0.39 is 0 Å². The molecule has 1 amide bonds. The normalized spacial score (nSPS) is 17.4. The smallest absolute Gasteiger partial charge is 0.225 e. The standard InChI is InChI=1S/C16H28N4O2/c1-13(14-4-7-17-8-5-14)12-16(21)18-15-6-10-20(19-15)9-3-11-22-2/h6,10,13-14,17H,3-5,7-9,11-12H2,1-2H3,(H,18,19,21). The van der Waals surface area contributed by atoms with E-state index >= 15 is 0 Å². The summed E-state index contributed by atoms with van der Waals surface area (Å²) in [6.45, 7) is 5.84. The first-order valence-electron chi connectivity index (χ1n) is 8.22. The fourth-order valence-electron chi connectivity index (χ4n) is 2.99. The SMILES string of the molecule is COCCCn1ccc(NC(=O)CC(C)C2CCNCC2)n1. The van der Waals surface area contributed by atoms with E-state index in [9.17, 15) is 4.79 Å². The van der Waals surface area contributed by atoms with Crippen molar-refractivity contribution in [3.05, 3.63) is 12.3 Å². The molecule has 6 nitrogen and oxygen atoms in total. The number of aromatic nitrogens is 2. The number of methoxy groups -OCH3 is 1. The number of ether oxygens (including phenoxy) is 1. The number of piperidine rings is 1. The van der Waals surface area contributed by atoms with Crippen molar-refractivity contribution in [2.45, 2.75) is 39.2 Å². The van der Waals surface area contributed by atoms with Crippen LogP contribution >= 0.6 is 0 Å². The zero-order valence-corrected chi connectivity index (χ0v) is 13.7. The van der Waals surface area contributed by atoms with Crippen LogP contribution in [0.25, 0.3) is 0 Å². The molecule has 1 atom stereocenters. The van der Waals surface area contributed by atoms with Gasteiger partial charge >= 0.3 is 0 Å². The summed E-state index contributed by atoms with van der Waals surface area (Å²) in [5.74, 6) is 1.78. The highest BCUT2D eigenvalue weighted by Gasteiger charge is 2.22. The minimum atomic E-state index is 0.0631. The number of hydrogen-bond donors (Lipinski definition) is 2. The Bertz CT molecular complexity index is 455. The Morgan fingerprint density at radius 1 is 1.55 bits per heavy atom. The predicted octanol–water partition coefficient (Wildman–Crippen LogP) is 1.88. The second kappa shape index (κ2) is 8.90. The Hall–Kier alpha value is -1.40.